The molecule has 0 amide bonds. The Balaban J connectivity index is 0. The largest absolute Gasteiger partial charge is 0.337 e. The lowest BCUT2D eigenvalue weighted by Crippen LogP contribution is -2.16. The van der Waals surface area contributed by atoms with Gasteiger partial charge in [-0.15, -0.1) is 0 Å². The molecule has 0 rings (SSSR count). The van der Waals surface area contributed by atoms with Gasteiger partial charge in [0.05, 0.1) is 0 Å². The third-order valence-electron chi connectivity index (χ3n) is 0.847. The predicted molar refractivity (Wildman–Crippen MR) is 47.2 cm³/mol. The molecule has 0 radical (unpaired) electrons. The maximum absolute atomic E-state index is 7.08. The summed E-state index contributed by atoms with van der Waals surface area (Å²) in [7, 11) is 1.75. The fraction of sp³-hybridized carbons (Fsp3) is 0.375. The van der Waals surface area contributed by atoms with Gasteiger partial charge in [-0.3, -0.25) is 5.41 Å². The van der Waals surface area contributed by atoms with Crippen molar-refractivity contribution < 1.29 is 0 Å². The second kappa shape index (κ2) is 7.95. The van der Waals surface area contributed by atoms with Crippen LogP contribution in [0.5, 0.6) is 0 Å². The van der Waals surface area contributed by atoms with Crippen molar-refractivity contribution in [1.82, 2.24) is 4.90 Å². The van der Waals surface area contributed by atoms with Crippen LogP contribution in [0.25, 0.3) is 0 Å². The lowest BCUT2D eigenvalue weighted by atomic mass is 10.5. The van der Waals surface area contributed by atoms with E-state index in [1.54, 1.807) is 18.1 Å². The van der Waals surface area contributed by atoms with Crippen LogP contribution in [0, 0.1) is 5.41 Å². The molecule has 0 aromatic heterocycles. The lowest BCUT2D eigenvalue weighted by Gasteiger charge is -2.08. The van der Waals surface area contributed by atoms with Crippen molar-refractivity contribution in [3.8, 4) is 0 Å². The normalized spacial score (nSPS) is 6.70. The fourth-order valence-corrected chi connectivity index (χ4v) is 0.242. The first-order valence-corrected chi connectivity index (χ1v) is 3.28. The molecular weight excluding hydrogens is 124 g/mol. The van der Waals surface area contributed by atoms with Crippen LogP contribution in [-0.4, -0.2) is 17.8 Å². The van der Waals surface area contributed by atoms with E-state index in [2.05, 4.69) is 13.2 Å². The maximum Gasteiger partial charge on any atom is 0.123 e. The van der Waals surface area contributed by atoms with Gasteiger partial charge in [0.1, 0.15) is 5.84 Å². The molecule has 0 fully saturated rings. The van der Waals surface area contributed by atoms with E-state index in [1.807, 2.05) is 13.8 Å². The van der Waals surface area contributed by atoms with Gasteiger partial charge in [-0.1, -0.05) is 27.0 Å². The summed E-state index contributed by atoms with van der Waals surface area (Å²) < 4.78 is 0. The van der Waals surface area contributed by atoms with E-state index in [0.717, 1.165) is 0 Å². The van der Waals surface area contributed by atoms with Crippen LogP contribution in [0.2, 0.25) is 0 Å². The molecule has 0 aliphatic carbocycles. The number of likely N-dealkylation sites (N-methyl/N-ethyl adjacent to an activating group) is 1. The number of rotatable bonds is 2. The van der Waals surface area contributed by atoms with Crippen LogP contribution in [0.3, 0.4) is 0 Å². The Hall–Kier alpha value is -1.05. The first-order valence-electron chi connectivity index (χ1n) is 3.28. The van der Waals surface area contributed by atoms with Crippen molar-refractivity contribution in [2.75, 3.05) is 7.05 Å². The Morgan fingerprint density at radius 3 is 1.90 bits per heavy atom. The van der Waals surface area contributed by atoms with E-state index in [1.165, 1.54) is 6.08 Å². The number of hydrogen-bond donors (Lipinski definition) is 1. The highest BCUT2D eigenvalue weighted by Crippen LogP contribution is 1.83. The van der Waals surface area contributed by atoms with Crippen LogP contribution < -0.4 is 0 Å². The average molecular weight is 140 g/mol. The van der Waals surface area contributed by atoms with Crippen LogP contribution in [0.15, 0.2) is 25.4 Å². The Morgan fingerprint density at radius 2 is 1.80 bits per heavy atom. The number of nitrogens with zero attached hydrogens (tertiary/aromatic N) is 1. The van der Waals surface area contributed by atoms with E-state index < -0.39 is 0 Å². The Labute approximate surface area is 63.4 Å². The molecule has 0 aliphatic rings. The Bertz CT molecular complexity index is 116. The van der Waals surface area contributed by atoms with Gasteiger partial charge in [0.15, 0.2) is 0 Å². The van der Waals surface area contributed by atoms with Crippen LogP contribution >= 0.6 is 0 Å². The molecule has 0 atom stereocenters. The van der Waals surface area contributed by atoms with Crippen molar-refractivity contribution in [2.24, 2.45) is 0 Å². The third-order valence-corrected chi connectivity index (χ3v) is 0.847. The maximum atomic E-state index is 7.08. The van der Waals surface area contributed by atoms with E-state index >= 15 is 0 Å². The van der Waals surface area contributed by atoms with Gasteiger partial charge in [-0.25, -0.2) is 0 Å². The van der Waals surface area contributed by atoms with Crippen molar-refractivity contribution in [2.45, 2.75) is 13.8 Å². The first-order chi connectivity index (χ1) is 4.72. The van der Waals surface area contributed by atoms with E-state index in [9.17, 15) is 0 Å². The molecule has 0 bridgehead atoms. The zero-order valence-corrected chi connectivity index (χ0v) is 7.02. The second-order valence-corrected chi connectivity index (χ2v) is 1.38. The zero-order valence-electron chi connectivity index (χ0n) is 7.02. The highest BCUT2D eigenvalue weighted by molar-refractivity contribution is 5.90. The Morgan fingerprint density at radius 1 is 1.40 bits per heavy atom. The second-order valence-electron chi connectivity index (χ2n) is 1.38. The number of amidine groups is 1. The van der Waals surface area contributed by atoms with E-state index in [0.29, 0.717) is 5.84 Å². The highest BCUT2D eigenvalue weighted by Gasteiger charge is 1.89. The van der Waals surface area contributed by atoms with Crippen LogP contribution in [0.4, 0.5) is 0 Å². The van der Waals surface area contributed by atoms with Crippen LogP contribution in [-0.2, 0) is 0 Å². The van der Waals surface area contributed by atoms with Gasteiger partial charge < -0.3 is 4.90 Å². The summed E-state index contributed by atoms with van der Waals surface area (Å²) in [6.45, 7) is 10.9. The SMILES string of the molecule is C=CC(=N)N(C)C=C.CC. The third kappa shape index (κ3) is 5.09. The standard InChI is InChI=1S/C6H10N2.C2H6/c1-4-6(7)8(3)5-2;1-2/h4-5,7H,1-2H2,3H3;1-2H3. The molecule has 58 valence electrons. The molecule has 10 heavy (non-hydrogen) atoms. The van der Waals surface area contributed by atoms with Crippen molar-refractivity contribution in [1.29, 1.82) is 5.41 Å². The molecule has 0 unspecified atom stereocenters. The van der Waals surface area contributed by atoms with Gasteiger partial charge in [0, 0.05) is 7.05 Å². The van der Waals surface area contributed by atoms with Crippen molar-refractivity contribution >= 4 is 5.84 Å². The van der Waals surface area contributed by atoms with E-state index in [-0.39, 0.29) is 0 Å². The molecule has 0 saturated carbocycles. The summed E-state index contributed by atoms with van der Waals surface area (Å²) in [5.41, 5.74) is 0. The summed E-state index contributed by atoms with van der Waals surface area (Å²) in [5, 5.41) is 7.08. The van der Waals surface area contributed by atoms with Crippen molar-refractivity contribution in [3.63, 3.8) is 0 Å². The summed E-state index contributed by atoms with van der Waals surface area (Å²) >= 11 is 0. The minimum Gasteiger partial charge on any atom is -0.337 e. The minimum atomic E-state index is 0.361. The molecule has 0 spiro atoms. The highest BCUT2D eigenvalue weighted by atomic mass is 15.1. The fourth-order valence-electron chi connectivity index (χ4n) is 0.242. The smallest absolute Gasteiger partial charge is 0.123 e. The summed E-state index contributed by atoms with van der Waals surface area (Å²) in [6, 6.07) is 0. The van der Waals surface area contributed by atoms with Gasteiger partial charge in [-0.2, -0.15) is 0 Å². The quantitative estimate of drug-likeness (QED) is 0.462. The monoisotopic (exact) mass is 140 g/mol. The molecule has 0 saturated heterocycles. The van der Waals surface area contributed by atoms with Gasteiger partial charge >= 0.3 is 0 Å². The average Bonchev–Trinajstić information content (AvgIpc) is 2.05. The van der Waals surface area contributed by atoms with Crippen LogP contribution in [0.1, 0.15) is 13.8 Å². The van der Waals surface area contributed by atoms with Gasteiger partial charge in [-0.05, 0) is 12.3 Å². The summed E-state index contributed by atoms with van der Waals surface area (Å²) in [5.74, 6) is 0.361. The minimum absolute atomic E-state index is 0.361. The summed E-state index contributed by atoms with van der Waals surface area (Å²) in [6.07, 6.45) is 3.02. The van der Waals surface area contributed by atoms with Gasteiger partial charge in [0.25, 0.3) is 0 Å². The molecule has 2 nitrogen and oxygen atoms in total. The zero-order chi connectivity index (χ0) is 8.57. The molecule has 1 N–H and O–H groups in total. The lowest BCUT2D eigenvalue weighted by molar-refractivity contribution is 0.690. The Kier molecular flexibility index (Phi) is 9.31. The number of nitrogens with one attached hydrogen (secondary N) is 1. The van der Waals surface area contributed by atoms with E-state index in [4.69, 9.17) is 5.41 Å². The molecule has 0 aromatic carbocycles. The topological polar surface area (TPSA) is 27.1 Å². The van der Waals surface area contributed by atoms with Gasteiger partial charge in [0.2, 0.25) is 0 Å². The molecule has 0 aromatic rings. The molecule has 2 heteroatoms. The summed E-state index contributed by atoms with van der Waals surface area (Å²) in [4.78, 5) is 1.58. The predicted octanol–water partition coefficient (Wildman–Crippen LogP) is 2.25. The molecular formula is C8H16N2. The number of hydrogen-bond acceptors (Lipinski definition) is 1. The molecule has 0 aliphatic heterocycles. The first kappa shape index (κ1) is 11.7. The molecule has 0 heterocycles. The van der Waals surface area contributed by atoms with Crippen molar-refractivity contribution in [3.05, 3.63) is 25.4 Å².